The lowest BCUT2D eigenvalue weighted by molar-refractivity contribution is -0.164. The molecule has 252 valence electrons. The monoisotopic (exact) mass is 637 g/mol. The maximum Gasteiger partial charge on any atom is 0.313 e. The standard InChI is InChI=1S/C36H51N3O7/c1-7-10-18-28(41)37(6)25(5)31(26-16-12-11-13-17-26)45-35(44)29-27-19-20-36(46-27)30(29)33(42)39(22-14-23-40)32(36)34(43)38(21-9-3)24(4)15-8-2/h7,9,11-13,16-17,24-25,27,29-32,40H,1,3,8,10,14-15,18-23H2,2,4-6H3/t24?,25-,27-,29+,30+,31+,32-,36+/m1/s1. The Kier molecular flexibility index (Phi) is 11.8. The van der Waals surface area contributed by atoms with Crippen LogP contribution in [-0.4, -0.2) is 100 Å². The van der Waals surface area contributed by atoms with Crippen molar-refractivity contribution in [2.24, 2.45) is 11.8 Å². The molecular formula is C36H51N3O7. The van der Waals surface area contributed by atoms with Crippen LogP contribution in [0.1, 0.15) is 77.4 Å². The molecule has 10 nitrogen and oxygen atoms in total. The summed E-state index contributed by atoms with van der Waals surface area (Å²) in [6.45, 7) is 13.8. The Morgan fingerprint density at radius 1 is 1.20 bits per heavy atom. The number of aliphatic hydroxyl groups excluding tert-OH is 1. The Morgan fingerprint density at radius 2 is 1.91 bits per heavy atom. The van der Waals surface area contributed by atoms with Gasteiger partial charge in [-0.2, -0.15) is 0 Å². The van der Waals surface area contributed by atoms with Crippen LogP contribution in [0, 0.1) is 11.8 Å². The molecule has 0 aliphatic carbocycles. The van der Waals surface area contributed by atoms with Crippen LogP contribution in [0.5, 0.6) is 0 Å². The lowest BCUT2D eigenvalue weighted by atomic mass is 9.70. The highest BCUT2D eigenvalue weighted by Crippen LogP contribution is 2.59. The van der Waals surface area contributed by atoms with Crippen molar-refractivity contribution in [3.8, 4) is 0 Å². The van der Waals surface area contributed by atoms with Crippen LogP contribution >= 0.6 is 0 Å². The lowest BCUT2D eigenvalue weighted by Gasteiger charge is -2.39. The van der Waals surface area contributed by atoms with Gasteiger partial charge in [0, 0.05) is 39.2 Å². The molecular weight excluding hydrogens is 586 g/mol. The number of rotatable bonds is 17. The second-order valence-corrected chi connectivity index (χ2v) is 12.9. The largest absolute Gasteiger partial charge is 0.455 e. The molecule has 3 fully saturated rings. The van der Waals surface area contributed by atoms with Crippen LogP contribution in [0.3, 0.4) is 0 Å². The maximum absolute atomic E-state index is 14.4. The van der Waals surface area contributed by atoms with Gasteiger partial charge in [0.1, 0.15) is 17.7 Å². The highest BCUT2D eigenvalue weighted by Gasteiger charge is 2.75. The minimum absolute atomic E-state index is 0.0839. The van der Waals surface area contributed by atoms with Crippen molar-refractivity contribution in [2.45, 2.75) is 102 Å². The fourth-order valence-corrected chi connectivity index (χ4v) is 7.66. The zero-order chi connectivity index (χ0) is 33.6. The van der Waals surface area contributed by atoms with E-state index in [1.807, 2.05) is 44.2 Å². The van der Waals surface area contributed by atoms with Gasteiger partial charge in [-0.05, 0) is 51.5 Å². The van der Waals surface area contributed by atoms with E-state index < -0.39 is 47.7 Å². The molecule has 3 aliphatic rings. The van der Waals surface area contributed by atoms with Crippen molar-refractivity contribution in [1.29, 1.82) is 0 Å². The molecule has 3 saturated heterocycles. The number of esters is 1. The van der Waals surface area contributed by atoms with Crippen molar-refractivity contribution in [2.75, 3.05) is 26.7 Å². The number of nitrogens with zero attached hydrogens (tertiary/aromatic N) is 3. The van der Waals surface area contributed by atoms with E-state index in [-0.39, 0.29) is 43.3 Å². The fraction of sp³-hybridized carbons (Fsp3) is 0.611. The Bertz CT molecular complexity index is 1270. The molecule has 10 heteroatoms. The zero-order valence-corrected chi connectivity index (χ0v) is 27.8. The average Bonchev–Trinajstić information content (AvgIpc) is 3.70. The summed E-state index contributed by atoms with van der Waals surface area (Å²) in [4.78, 5) is 60.8. The Hall–Kier alpha value is -3.50. The van der Waals surface area contributed by atoms with Gasteiger partial charge in [0.2, 0.25) is 17.7 Å². The van der Waals surface area contributed by atoms with Crippen LogP contribution in [-0.2, 0) is 28.7 Å². The second kappa shape index (κ2) is 15.4. The van der Waals surface area contributed by atoms with Crippen LogP contribution in [0.15, 0.2) is 55.6 Å². The molecule has 1 N–H and O–H groups in total. The molecule has 3 amide bonds. The molecule has 0 radical (unpaired) electrons. The third-order valence-corrected chi connectivity index (χ3v) is 10.1. The molecule has 0 aromatic heterocycles. The summed E-state index contributed by atoms with van der Waals surface area (Å²) in [5, 5.41) is 9.67. The summed E-state index contributed by atoms with van der Waals surface area (Å²) in [7, 11) is 1.69. The summed E-state index contributed by atoms with van der Waals surface area (Å²) >= 11 is 0. The topological polar surface area (TPSA) is 117 Å². The minimum atomic E-state index is -1.17. The number of likely N-dealkylation sites (tertiary alicyclic amines) is 1. The summed E-state index contributed by atoms with van der Waals surface area (Å²) in [5.74, 6) is -3.01. The number of benzene rings is 1. The predicted molar refractivity (Wildman–Crippen MR) is 174 cm³/mol. The number of aliphatic hydroxyl groups is 1. The number of hydrogen-bond donors (Lipinski definition) is 1. The van der Waals surface area contributed by atoms with E-state index >= 15 is 0 Å². The number of fused-ring (bicyclic) bond motifs is 1. The molecule has 1 spiro atoms. The Balaban J connectivity index is 1.67. The SMILES string of the molecule is C=CCCC(=O)N(C)[C@H](C)[C@H](OC(=O)[C@@H]1[C@H]2C(=O)N(CCCO)[C@H](C(=O)N(CC=C)C(C)CCC)[C@]23CC[C@H]1O3)c1ccccc1. The molecule has 3 aliphatic heterocycles. The molecule has 8 atom stereocenters. The first-order valence-electron chi connectivity index (χ1n) is 16.7. The van der Waals surface area contributed by atoms with Crippen molar-refractivity contribution >= 4 is 23.7 Å². The molecule has 46 heavy (non-hydrogen) atoms. The molecule has 1 aromatic carbocycles. The van der Waals surface area contributed by atoms with Gasteiger partial charge in [-0.3, -0.25) is 19.2 Å². The van der Waals surface area contributed by atoms with Gasteiger partial charge in [-0.15, -0.1) is 13.2 Å². The number of amides is 3. The van der Waals surface area contributed by atoms with E-state index in [2.05, 4.69) is 20.1 Å². The molecule has 2 bridgehead atoms. The van der Waals surface area contributed by atoms with Crippen LogP contribution in [0.25, 0.3) is 0 Å². The summed E-state index contributed by atoms with van der Waals surface area (Å²) < 4.78 is 12.9. The quantitative estimate of drug-likeness (QED) is 0.202. The number of carbonyl (C=O) groups excluding carboxylic acids is 4. The number of likely N-dealkylation sites (N-methyl/N-ethyl adjacent to an activating group) is 1. The highest BCUT2D eigenvalue weighted by molar-refractivity contribution is 5.98. The van der Waals surface area contributed by atoms with Gasteiger partial charge in [-0.1, -0.05) is 55.8 Å². The Labute approximate surface area is 273 Å². The Morgan fingerprint density at radius 3 is 2.54 bits per heavy atom. The van der Waals surface area contributed by atoms with E-state index in [1.165, 1.54) is 4.90 Å². The second-order valence-electron chi connectivity index (χ2n) is 12.9. The van der Waals surface area contributed by atoms with E-state index in [0.717, 1.165) is 18.4 Å². The van der Waals surface area contributed by atoms with Gasteiger partial charge in [0.25, 0.3) is 0 Å². The van der Waals surface area contributed by atoms with Crippen molar-refractivity contribution in [3.63, 3.8) is 0 Å². The molecule has 1 aromatic rings. The van der Waals surface area contributed by atoms with Gasteiger partial charge in [0.15, 0.2) is 0 Å². The molecule has 1 unspecified atom stereocenters. The number of hydrogen-bond acceptors (Lipinski definition) is 7. The van der Waals surface area contributed by atoms with Gasteiger partial charge in [-0.25, -0.2) is 0 Å². The zero-order valence-electron chi connectivity index (χ0n) is 27.8. The number of carbonyl (C=O) groups is 4. The van der Waals surface area contributed by atoms with Crippen molar-refractivity contribution in [1.82, 2.24) is 14.7 Å². The molecule has 3 heterocycles. The smallest absolute Gasteiger partial charge is 0.313 e. The summed E-state index contributed by atoms with van der Waals surface area (Å²) in [5.41, 5.74) is -0.444. The van der Waals surface area contributed by atoms with E-state index in [1.54, 1.807) is 29.0 Å². The van der Waals surface area contributed by atoms with Crippen LogP contribution < -0.4 is 0 Å². The highest BCUT2D eigenvalue weighted by atomic mass is 16.6. The fourth-order valence-electron chi connectivity index (χ4n) is 7.66. The minimum Gasteiger partial charge on any atom is -0.455 e. The van der Waals surface area contributed by atoms with Crippen molar-refractivity contribution in [3.05, 3.63) is 61.2 Å². The maximum atomic E-state index is 14.4. The first-order valence-corrected chi connectivity index (χ1v) is 16.7. The van der Waals surface area contributed by atoms with Gasteiger partial charge in [0.05, 0.1) is 24.0 Å². The van der Waals surface area contributed by atoms with Gasteiger partial charge < -0.3 is 29.3 Å². The van der Waals surface area contributed by atoms with E-state index in [4.69, 9.17) is 9.47 Å². The van der Waals surface area contributed by atoms with Crippen molar-refractivity contribution < 1.29 is 33.8 Å². The third-order valence-electron chi connectivity index (χ3n) is 10.1. The predicted octanol–water partition coefficient (Wildman–Crippen LogP) is 4.04. The first-order chi connectivity index (χ1) is 22.1. The van der Waals surface area contributed by atoms with E-state index in [9.17, 15) is 24.3 Å². The summed E-state index contributed by atoms with van der Waals surface area (Å²) in [6, 6.07) is 7.77. The van der Waals surface area contributed by atoms with Crippen LogP contribution in [0.2, 0.25) is 0 Å². The first kappa shape index (κ1) is 35.4. The normalized spacial score (nSPS) is 26.6. The van der Waals surface area contributed by atoms with Crippen LogP contribution in [0.4, 0.5) is 0 Å². The molecule has 4 rings (SSSR count). The molecule has 0 saturated carbocycles. The third kappa shape index (κ3) is 6.65. The average molecular weight is 638 g/mol. The van der Waals surface area contributed by atoms with E-state index in [0.29, 0.717) is 32.2 Å². The number of ether oxygens (including phenoxy) is 2. The number of allylic oxidation sites excluding steroid dienone is 1. The summed E-state index contributed by atoms with van der Waals surface area (Å²) in [6.07, 6.45) is 5.78. The van der Waals surface area contributed by atoms with Gasteiger partial charge >= 0.3 is 5.97 Å². The lowest BCUT2D eigenvalue weighted by Crippen LogP contribution is -2.58.